The fourth-order valence-electron chi connectivity index (χ4n) is 1.78. The molecule has 0 saturated heterocycles. The summed E-state index contributed by atoms with van der Waals surface area (Å²) in [5.74, 6) is -1.19. The van der Waals surface area contributed by atoms with Gasteiger partial charge >= 0.3 is 5.97 Å². The third-order valence-electron chi connectivity index (χ3n) is 2.77. The molecule has 0 spiro atoms. The highest BCUT2D eigenvalue weighted by Crippen LogP contribution is 2.26. The second-order valence-corrected chi connectivity index (χ2v) is 3.95. The summed E-state index contributed by atoms with van der Waals surface area (Å²) in [7, 11) is 2.87. The van der Waals surface area contributed by atoms with Crippen LogP contribution in [0.5, 0.6) is 11.5 Å². The van der Waals surface area contributed by atoms with Gasteiger partial charge in [0.2, 0.25) is 5.78 Å². The van der Waals surface area contributed by atoms with E-state index in [0.717, 1.165) is 0 Å². The van der Waals surface area contributed by atoms with Crippen LogP contribution in [0.25, 0.3) is 0 Å². The first-order valence-corrected chi connectivity index (χ1v) is 5.89. The molecule has 0 aliphatic carbocycles. The average molecular weight is 288 g/mol. The lowest BCUT2D eigenvalue weighted by molar-refractivity contribution is 0.0685. The van der Waals surface area contributed by atoms with Crippen LogP contribution in [0.1, 0.15) is 26.5 Å². The molecule has 0 fully saturated rings. The van der Waals surface area contributed by atoms with Gasteiger partial charge in [-0.3, -0.25) is 4.79 Å². The summed E-state index contributed by atoms with van der Waals surface area (Å²) in [6.45, 7) is 0. The smallest absolute Gasteiger partial charge is 0.356 e. The average Bonchev–Trinajstić information content (AvgIpc) is 2.53. The number of carboxylic acids is 1. The first-order valence-electron chi connectivity index (χ1n) is 5.89. The maximum atomic E-state index is 12.5. The minimum Gasteiger partial charge on any atom is -0.497 e. The molecule has 0 radical (unpaired) electrons. The van der Waals surface area contributed by atoms with Crippen LogP contribution in [0.3, 0.4) is 0 Å². The molecule has 2 aromatic rings. The number of rotatable bonds is 5. The zero-order valence-corrected chi connectivity index (χ0v) is 11.4. The number of aromatic nitrogens is 2. The molecular weight excluding hydrogens is 276 g/mol. The Morgan fingerprint density at radius 2 is 1.71 bits per heavy atom. The fraction of sp³-hybridized carbons (Fsp3) is 0.143. The Labute approximate surface area is 120 Å². The van der Waals surface area contributed by atoms with Gasteiger partial charge in [0.15, 0.2) is 5.69 Å². The molecule has 7 heteroatoms. The number of methoxy groups -OCH3 is 2. The molecule has 1 N–H and O–H groups in total. The Balaban J connectivity index is 2.57. The summed E-state index contributed by atoms with van der Waals surface area (Å²) in [6, 6.07) is 4.65. The van der Waals surface area contributed by atoms with Crippen molar-refractivity contribution in [2.75, 3.05) is 14.2 Å². The number of carboxylic acid groups (broad SMARTS) is 1. The molecule has 1 aromatic heterocycles. The number of aromatic carboxylic acids is 1. The van der Waals surface area contributed by atoms with Crippen LogP contribution >= 0.6 is 0 Å². The van der Waals surface area contributed by atoms with Crippen molar-refractivity contribution in [3.8, 4) is 11.5 Å². The summed E-state index contributed by atoms with van der Waals surface area (Å²) in [5, 5.41) is 9.08. The molecule has 0 atom stereocenters. The topological polar surface area (TPSA) is 98.6 Å². The van der Waals surface area contributed by atoms with Gasteiger partial charge in [-0.1, -0.05) is 0 Å². The minimum atomic E-state index is -1.33. The summed E-state index contributed by atoms with van der Waals surface area (Å²) >= 11 is 0. The highest BCUT2D eigenvalue weighted by Gasteiger charge is 2.23. The molecule has 0 unspecified atom stereocenters. The molecule has 7 nitrogen and oxygen atoms in total. The maximum absolute atomic E-state index is 12.5. The number of carbonyl (C=O) groups excluding carboxylic acids is 1. The number of ketones is 1. The molecule has 2 rings (SSSR count). The predicted molar refractivity (Wildman–Crippen MR) is 72.0 cm³/mol. The Kier molecular flexibility index (Phi) is 4.13. The largest absolute Gasteiger partial charge is 0.497 e. The minimum absolute atomic E-state index is 0.153. The van der Waals surface area contributed by atoms with E-state index in [1.54, 1.807) is 12.1 Å². The van der Waals surface area contributed by atoms with Gasteiger partial charge in [0.1, 0.15) is 17.2 Å². The Hall–Kier alpha value is -2.96. The van der Waals surface area contributed by atoms with Crippen LogP contribution in [-0.4, -0.2) is 41.0 Å². The Morgan fingerprint density at radius 1 is 1.05 bits per heavy atom. The predicted octanol–water partition coefficient (Wildman–Crippen LogP) is 1.42. The van der Waals surface area contributed by atoms with E-state index in [1.807, 2.05) is 0 Å². The van der Waals surface area contributed by atoms with E-state index < -0.39 is 17.4 Å². The van der Waals surface area contributed by atoms with Crippen LogP contribution in [-0.2, 0) is 0 Å². The van der Waals surface area contributed by atoms with Gasteiger partial charge in [-0.2, -0.15) is 0 Å². The molecule has 0 aliphatic heterocycles. The summed E-state index contributed by atoms with van der Waals surface area (Å²) in [4.78, 5) is 31.1. The quantitative estimate of drug-likeness (QED) is 0.831. The third kappa shape index (κ3) is 2.81. The van der Waals surface area contributed by atoms with Gasteiger partial charge in [-0.25, -0.2) is 14.8 Å². The molecule has 0 amide bonds. The van der Waals surface area contributed by atoms with E-state index in [-0.39, 0.29) is 11.3 Å². The number of hydrogen-bond acceptors (Lipinski definition) is 6. The lowest BCUT2D eigenvalue weighted by Crippen LogP contribution is -2.14. The number of hydrogen-bond donors (Lipinski definition) is 1. The van der Waals surface area contributed by atoms with E-state index in [0.29, 0.717) is 11.5 Å². The van der Waals surface area contributed by atoms with Crippen molar-refractivity contribution < 1.29 is 24.2 Å². The normalized spacial score (nSPS) is 10.0. The highest BCUT2D eigenvalue weighted by atomic mass is 16.5. The number of ether oxygens (including phenoxy) is 2. The van der Waals surface area contributed by atoms with Gasteiger partial charge in [0.25, 0.3) is 0 Å². The summed E-state index contributed by atoms with van der Waals surface area (Å²) in [6.07, 6.45) is 2.47. The number of nitrogens with zero attached hydrogens (tertiary/aromatic N) is 2. The van der Waals surface area contributed by atoms with Crippen LogP contribution in [0.4, 0.5) is 0 Å². The third-order valence-corrected chi connectivity index (χ3v) is 2.77. The van der Waals surface area contributed by atoms with Crippen molar-refractivity contribution in [2.45, 2.75) is 0 Å². The van der Waals surface area contributed by atoms with Gasteiger partial charge in [0.05, 0.1) is 19.8 Å². The van der Waals surface area contributed by atoms with Crippen molar-refractivity contribution in [3.05, 3.63) is 47.5 Å². The standard InChI is InChI=1S/C14H12N2O5/c1-20-8-3-4-10(21-2)9(7-8)13(17)11-12(14(18)19)16-6-5-15-11/h3-7H,1-2H3,(H,18,19). The van der Waals surface area contributed by atoms with Crippen molar-refractivity contribution in [3.63, 3.8) is 0 Å². The van der Waals surface area contributed by atoms with Crippen LogP contribution < -0.4 is 9.47 Å². The van der Waals surface area contributed by atoms with Crippen LogP contribution in [0.15, 0.2) is 30.6 Å². The van der Waals surface area contributed by atoms with E-state index in [2.05, 4.69) is 9.97 Å². The van der Waals surface area contributed by atoms with Crippen molar-refractivity contribution in [1.29, 1.82) is 0 Å². The van der Waals surface area contributed by atoms with E-state index in [1.165, 1.54) is 32.7 Å². The highest BCUT2D eigenvalue weighted by molar-refractivity contribution is 6.13. The Morgan fingerprint density at radius 3 is 2.29 bits per heavy atom. The zero-order valence-electron chi connectivity index (χ0n) is 11.4. The van der Waals surface area contributed by atoms with Crippen molar-refractivity contribution >= 4 is 11.8 Å². The second kappa shape index (κ2) is 6.00. The van der Waals surface area contributed by atoms with Crippen LogP contribution in [0.2, 0.25) is 0 Å². The lowest BCUT2D eigenvalue weighted by atomic mass is 10.0. The molecule has 0 saturated carbocycles. The number of carbonyl (C=O) groups is 2. The van der Waals surface area contributed by atoms with E-state index in [9.17, 15) is 9.59 Å². The maximum Gasteiger partial charge on any atom is 0.356 e. The molecule has 1 heterocycles. The Bertz CT molecular complexity index is 700. The molecular formula is C14H12N2O5. The van der Waals surface area contributed by atoms with Gasteiger partial charge < -0.3 is 14.6 Å². The summed E-state index contributed by atoms with van der Waals surface area (Å²) < 4.78 is 10.2. The SMILES string of the molecule is COc1ccc(OC)c(C(=O)c2nccnc2C(=O)O)c1. The lowest BCUT2D eigenvalue weighted by Gasteiger charge is -2.10. The van der Waals surface area contributed by atoms with Gasteiger partial charge in [-0.15, -0.1) is 0 Å². The summed E-state index contributed by atoms with van der Waals surface area (Å²) in [5.41, 5.74) is -0.510. The van der Waals surface area contributed by atoms with Gasteiger partial charge in [0, 0.05) is 12.4 Å². The molecule has 1 aromatic carbocycles. The molecule has 21 heavy (non-hydrogen) atoms. The molecule has 108 valence electrons. The van der Waals surface area contributed by atoms with Crippen molar-refractivity contribution in [2.24, 2.45) is 0 Å². The van der Waals surface area contributed by atoms with Gasteiger partial charge in [-0.05, 0) is 18.2 Å². The first kappa shape index (κ1) is 14.4. The van der Waals surface area contributed by atoms with E-state index in [4.69, 9.17) is 14.6 Å². The van der Waals surface area contributed by atoms with Crippen LogP contribution in [0, 0.1) is 0 Å². The van der Waals surface area contributed by atoms with Crippen molar-refractivity contribution in [1.82, 2.24) is 9.97 Å². The number of benzene rings is 1. The second-order valence-electron chi connectivity index (χ2n) is 3.95. The first-order chi connectivity index (χ1) is 10.1. The molecule has 0 aliphatic rings. The zero-order chi connectivity index (χ0) is 15.4. The van der Waals surface area contributed by atoms with E-state index >= 15 is 0 Å². The molecule has 0 bridgehead atoms. The fourth-order valence-corrected chi connectivity index (χ4v) is 1.78. The monoisotopic (exact) mass is 288 g/mol.